The second kappa shape index (κ2) is 5.14. The molecule has 0 spiro atoms. The van der Waals surface area contributed by atoms with Gasteiger partial charge in [-0.2, -0.15) is 8.42 Å². The summed E-state index contributed by atoms with van der Waals surface area (Å²) in [5, 5.41) is 3.00. The van der Waals surface area contributed by atoms with Crippen LogP contribution in [0.4, 0.5) is 0 Å². The van der Waals surface area contributed by atoms with Crippen LogP contribution >= 0.6 is 0 Å². The highest BCUT2D eigenvalue weighted by Gasteiger charge is 2.23. The van der Waals surface area contributed by atoms with Crippen LogP contribution in [0.1, 0.15) is 5.56 Å². The van der Waals surface area contributed by atoms with Gasteiger partial charge < -0.3 is 10.1 Å². The molecule has 1 aromatic rings. The van der Waals surface area contributed by atoms with Crippen molar-refractivity contribution in [3.63, 3.8) is 0 Å². The number of morpholine rings is 1. The van der Waals surface area contributed by atoms with E-state index in [0.29, 0.717) is 19.7 Å². The molecule has 0 aromatic heterocycles. The Bertz CT molecular complexity index is 463. The number of ether oxygens (including phenoxy) is 1. The average molecular weight is 257 g/mol. The summed E-state index contributed by atoms with van der Waals surface area (Å²) >= 11 is 0. The van der Waals surface area contributed by atoms with Gasteiger partial charge >= 0.3 is 0 Å². The van der Waals surface area contributed by atoms with E-state index in [1.165, 1.54) is 12.1 Å². The Morgan fingerprint density at radius 2 is 2.06 bits per heavy atom. The normalized spacial score (nSPS) is 21.4. The first-order chi connectivity index (χ1) is 8.08. The predicted molar refractivity (Wildman–Crippen MR) is 62.1 cm³/mol. The summed E-state index contributed by atoms with van der Waals surface area (Å²) in [5.41, 5.74) is 1.000. The molecular weight excluding hydrogens is 242 g/mol. The number of hydrogen-bond donors (Lipinski definition) is 1. The number of rotatable bonds is 3. The predicted octanol–water partition coefficient (Wildman–Crippen LogP) is 0.646. The fourth-order valence-corrected chi connectivity index (χ4v) is 2.49. The molecule has 1 saturated heterocycles. The molecule has 0 bridgehead atoms. The number of benzene rings is 1. The molecule has 1 aliphatic rings. The van der Waals surface area contributed by atoms with E-state index in [-0.39, 0.29) is 4.90 Å². The largest absolute Gasteiger partial charge is 0.349 e. The summed E-state index contributed by atoms with van der Waals surface area (Å²) in [6, 6.07) is 6.52. The van der Waals surface area contributed by atoms with Crippen LogP contribution in [0.2, 0.25) is 0 Å². The highest BCUT2D eigenvalue weighted by Crippen LogP contribution is 2.15. The summed E-state index contributed by atoms with van der Waals surface area (Å²) in [7, 11) is -3.74. The van der Waals surface area contributed by atoms with E-state index >= 15 is 0 Å². The van der Waals surface area contributed by atoms with Gasteiger partial charge in [0.1, 0.15) is 0 Å². The molecule has 1 aromatic carbocycles. The van der Waals surface area contributed by atoms with Crippen molar-refractivity contribution in [2.24, 2.45) is 0 Å². The van der Waals surface area contributed by atoms with Crippen molar-refractivity contribution in [2.45, 2.75) is 18.1 Å². The van der Waals surface area contributed by atoms with E-state index < -0.39 is 16.4 Å². The Hall–Kier alpha value is -0.950. The molecule has 2 rings (SSSR count). The highest BCUT2D eigenvalue weighted by atomic mass is 32.2. The van der Waals surface area contributed by atoms with Crippen molar-refractivity contribution in [1.29, 1.82) is 0 Å². The van der Waals surface area contributed by atoms with Crippen molar-refractivity contribution in [3.05, 3.63) is 29.8 Å². The zero-order valence-corrected chi connectivity index (χ0v) is 10.4. The van der Waals surface area contributed by atoms with E-state index in [1.807, 2.05) is 6.92 Å². The smallest absolute Gasteiger partial charge is 0.299 e. The van der Waals surface area contributed by atoms with Crippen molar-refractivity contribution in [1.82, 2.24) is 5.32 Å². The van der Waals surface area contributed by atoms with Crippen LogP contribution in [-0.2, 0) is 19.0 Å². The van der Waals surface area contributed by atoms with Gasteiger partial charge in [0.25, 0.3) is 10.1 Å². The van der Waals surface area contributed by atoms with Crippen LogP contribution in [0.5, 0.6) is 0 Å². The number of nitrogens with one attached hydrogen (secondary N) is 1. The van der Waals surface area contributed by atoms with Gasteiger partial charge in [0.2, 0.25) is 0 Å². The van der Waals surface area contributed by atoms with Gasteiger partial charge in [0.05, 0.1) is 11.5 Å². The first kappa shape index (κ1) is 12.5. The quantitative estimate of drug-likeness (QED) is 0.805. The minimum atomic E-state index is -3.74. The molecule has 1 unspecified atom stereocenters. The molecule has 17 heavy (non-hydrogen) atoms. The fourth-order valence-electron chi connectivity index (χ4n) is 1.50. The lowest BCUT2D eigenvalue weighted by atomic mass is 10.2. The second-order valence-electron chi connectivity index (χ2n) is 3.87. The summed E-state index contributed by atoms with van der Waals surface area (Å²) in [6.45, 7) is 3.44. The van der Waals surface area contributed by atoms with E-state index in [4.69, 9.17) is 8.92 Å². The lowest BCUT2D eigenvalue weighted by Crippen LogP contribution is -2.41. The van der Waals surface area contributed by atoms with Crippen molar-refractivity contribution in [2.75, 3.05) is 19.7 Å². The molecule has 94 valence electrons. The van der Waals surface area contributed by atoms with Crippen molar-refractivity contribution >= 4 is 10.1 Å². The summed E-state index contributed by atoms with van der Waals surface area (Å²) in [4.78, 5) is 0.150. The topological polar surface area (TPSA) is 64.6 Å². The fraction of sp³-hybridized carbons (Fsp3) is 0.455. The maximum Gasteiger partial charge on any atom is 0.299 e. The van der Waals surface area contributed by atoms with E-state index in [2.05, 4.69) is 5.32 Å². The molecular formula is C11H15NO4S. The van der Waals surface area contributed by atoms with Crippen LogP contribution in [0.3, 0.4) is 0 Å². The Kier molecular flexibility index (Phi) is 3.78. The van der Waals surface area contributed by atoms with E-state index in [1.54, 1.807) is 12.1 Å². The van der Waals surface area contributed by atoms with Crippen LogP contribution < -0.4 is 5.32 Å². The van der Waals surface area contributed by atoms with E-state index in [0.717, 1.165) is 5.56 Å². The van der Waals surface area contributed by atoms with Crippen LogP contribution in [0, 0.1) is 6.92 Å². The van der Waals surface area contributed by atoms with Crippen molar-refractivity contribution in [3.8, 4) is 0 Å². The minimum Gasteiger partial charge on any atom is -0.349 e. The SMILES string of the molecule is Cc1ccc(S(=O)(=O)OC2CNCCO2)cc1. The Balaban J connectivity index is 2.10. The Morgan fingerprint density at radius 1 is 1.35 bits per heavy atom. The molecule has 0 radical (unpaired) electrons. The Labute approximate surface area is 101 Å². The third kappa shape index (κ3) is 3.26. The van der Waals surface area contributed by atoms with Gasteiger partial charge in [0.15, 0.2) is 6.29 Å². The van der Waals surface area contributed by atoms with Crippen LogP contribution in [-0.4, -0.2) is 34.4 Å². The van der Waals surface area contributed by atoms with Gasteiger partial charge in [-0.3, -0.25) is 0 Å². The molecule has 5 nitrogen and oxygen atoms in total. The molecule has 1 N–H and O–H groups in total. The third-order valence-electron chi connectivity index (χ3n) is 2.44. The zero-order valence-electron chi connectivity index (χ0n) is 9.55. The first-order valence-corrected chi connectivity index (χ1v) is 6.81. The molecule has 0 aliphatic carbocycles. The van der Waals surface area contributed by atoms with Gasteiger partial charge in [-0.1, -0.05) is 17.7 Å². The van der Waals surface area contributed by atoms with Gasteiger partial charge in [-0.05, 0) is 19.1 Å². The average Bonchev–Trinajstić information content (AvgIpc) is 2.30. The molecule has 1 fully saturated rings. The monoisotopic (exact) mass is 257 g/mol. The number of aryl methyl sites for hydroxylation is 1. The molecule has 0 amide bonds. The van der Waals surface area contributed by atoms with Crippen LogP contribution in [0.15, 0.2) is 29.2 Å². The van der Waals surface area contributed by atoms with Crippen molar-refractivity contribution < 1.29 is 17.3 Å². The number of hydrogen-bond acceptors (Lipinski definition) is 5. The molecule has 6 heteroatoms. The lowest BCUT2D eigenvalue weighted by Gasteiger charge is -2.22. The lowest BCUT2D eigenvalue weighted by molar-refractivity contribution is -0.0911. The van der Waals surface area contributed by atoms with Gasteiger partial charge in [-0.15, -0.1) is 0 Å². The standard InChI is InChI=1S/C11H15NO4S/c1-9-2-4-10(5-3-9)17(13,14)16-11-8-12-6-7-15-11/h2-5,11-12H,6-8H2,1H3. The minimum absolute atomic E-state index is 0.150. The zero-order chi connectivity index (χ0) is 12.3. The molecule has 0 saturated carbocycles. The maximum atomic E-state index is 11.9. The Morgan fingerprint density at radius 3 is 2.65 bits per heavy atom. The van der Waals surface area contributed by atoms with Crippen LogP contribution in [0.25, 0.3) is 0 Å². The summed E-state index contributed by atoms with van der Waals surface area (Å²) in [6.07, 6.45) is -0.741. The maximum absolute atomic E-state index is 11.9. The van der Waals surface area contributed by atoms with E-state index in [9.17, 15) is 8.42 Å². The van der Waals surface area contributed by atoms with Gasteiger partial charge in [0, 0.05) is 13.1 Å². The molecule has 1 atom stereocenters. The highest BCUT2D eigenvalue weighted by molar-refractivity contribution is 7.86. The van der Waals surface area contributed by atoms with Gasteiger partial charge in [-0.25, -0.2) is 4.18 Å². The second-order valence-corrected chi connectivity index (χ2v) is 5.44. The third-order valence-corrected chi connectivity index (χ3v) is 3.75. The summed E-state index contributed by atoms with van der Waals surface area (Å²) in [5.74, 6) is 0. The molecule has 1 heterocycles. The summed E-state index contributed by atoms with van der Waals surface area (Å²) < 4.78 is 34.0. The first-order valence-electron chi connectivity index (χ1n) is 5.40. The molecule has 1 aliphatic heterocycles.